The third-order valence-corrected chi connectivity index (χ3v) is 8.03. The van der Waals surface area contributed by atoms with Crippen molar-refractivity contribution in [2.75, 3.05) is 18.4 Å². The Morgan fingerprint density at radius 3 is 2.55 bits per heavy atom. The second kappa shape index (κ2) is 9.47. The maximum Gasteiger partial charge on any atom is 0.243 e. The SMILES string of the molecule is C[C@H](Sc1ccccc1F)C(=O)Nc1cc(S(=O)(=O)N2CCCCC2)ccc1Cl. The lowest BCUT2D eigenvalue weighted by molar-refractivity contribution is -0.115. The molecule has 29 heavy (non-hydrogen) atoms. The highest BCUT2D eigenvalue weighted by molar-refractivity contribution is 8.00. The maximum atomic E-state index is 13.8. The number of thioether (sulfide) groups is 1. The second-order valence-corrected chi connectivity index (χ2v) is 10.5. The van der Waals surface area contributed by atoms with Crippen molar-refractivity contribution in [1.82, 2.24) is 4.31 Å². The van der Waals surface area contributed by atoms with Gasteiger partial charge in [-0.2, -0.15) is 4.31 Å². The number of nitrogens with one attached hydrogen (secondary N) is 1. The molecule has 0 saturated carbocycles. The van der Waals surface area contributed by atoms with Crippen LogP contribution in [0.5, 0.6) is 0 Å². The summed E-state index contributed by atoms with van der Waals surface area (Å²) in [6, 6.07) is 10.5. The molecule has 0 aliphatic carbocycles. The molecule has 1 atom stereocenters. The van der Waals surface area contributed by atoms with Gasteiger partial charge in [-0.1, -0.05) is 30.2 Å². The number of piperidine rings is 1. The van der Waals surface area contributed by atoms with E-state index in [2.05, 4.69) is 5.32 Å². The summed E-state index contributed by atoms with van der Waals surface area (Å²) in [6.07, 6.45) is 2.69. The molecule has 0 bridgehead atoms. The van der Waals surface area contributed by atoms with E-state index in [9.17, 15) is 17.6 Å². The van der Waals surface area contributed by atoms with E-state index in [1.165, 1.54) is 28.6 Å². The number of nitrogens with zero attached hydrogens (tertiary/aromatic N) is 1. The number of benzene rings is 2. The van der Waals surface area contributed by atoms with Crippen molar-refractivity contribution in [3.05, 3.63) is 53.3 Å². The van der Waals surface area contributed by atoms with Gasteiger partial charge >= 0.3 is 0 Å². The normalized spacial score (nSPS) is 16.4. The molecule has 0 unspecified atom stereocenters. The van der Waals surface area contributed by atoms with Gasteiger partial charge in [0.15, 0.2) is 0 Å². The monoisotopic (exact) mass is 456 g/mol. The zero-order chi connectivity index (χ0) is 21.0. The largest absolute Gasteiger partial charge is 0.324 e. The summed E-state index contributed by atoms with van der Waals surface area (Å²) in [5.41, 5.74) is 0.218. The quantitative estimate of drug-likeness (QED) is 0.635. The first-order chi connectivity index (χ1) is 13.8. The molecule has 5 nitrogen and oxygen atoms in total. The van der Waals surface area contributed by atoms with Crippen molar-refractivity contribution in [2.45, 2.75) is 41.2 Å². The molecule has 156 valence electrons. The minimum absolute atomic E-state index is 0.0912. The lowest BCUT2D eigenvalue weighted by Gasteiger charge is -2.26. The molecule has 1 amide bonds. The topological polar surface area (TPSA) is 66.5 Å². The number of carbonyl (C=O) groups excluding carboxylic acids is 1. The molecule has 2 aromatic carbocycles. The van der Waals surface area contributed by atoms with Crippen LogP contribution in [-0.2, 0) is 14.8 Å². The Kier molecular flexibility index (Phi) is 7.21. The van der Waals surface area contributed by atoms with Crippen LogP contribution in [0.1, 0.15) is 26.2 Å². The van der Waals surface area contributed by atoms with Crippen molar-refractivity contribution in [2.24, 2.45) is 0 Å². The van der Waals surface area contributed by atoms with Crippen LogP contribution in [-0.4, -0.2) is 37.0 Å². The first-order valence-corrected chi connectivity index (χ1v) is 12.0. The van der Waals surface area contributed by atoms with E-state index in [4.69, 9.17) is 11.6 Å². The summed E-state index contributed by atoms with van der Waals surface area (Å²) in [5.74, 6) is -0.794. The third-order valence-electron chi connectivity index (χ3n) is 4.66. The first-order valence-electron chi connectivity index (χ1n) is 9.31. The Hall–Kier alpha value is -1.61. The van der Waals surface area contributed by atoms with Crippen LogP contribution in [0.15, 0.2) is 52.3 Å². The van der Waals surface area contributed by atoms with Crippen LogP contribution < -0.4 is 5.32 Å². The number of hydrogen-bond acceptors (Lipinski definition) is 4. The average molecular weight is 457 g/mol. The van der Waals surface area contributed by atoms with Crippen LogP contribution in [0.4, 0.5) is 10.1 Å². The number of carbonyl (C=O) groups is 1. The standard InChI is InChI=1S/C20H22ClFN2O3S2/c1-14(28-19-8-4-3-7-17(19)22)20(25)23-18-13-15(9-10-16(18)21)29(26,27)24-11-5-2-6-12-24/h3-4,7-10,13-14H,2,5-6,11-12H2,1H3,(H,23,25)/t14-/m0/s1. The number of rotatable bonds is 6. The highest BCUT2D eigenvalue weighted by Crippen LogP contribution is 2.30. The Labute approximate surface area is 179 Å². The van der Waals surface area contributed by atoms with Gasteiger partial charge in [0.05, 0.1) is 20.9 Å². The van der Waals surface area contributed by atoms with Crippen molar-refractivity contribution in [3.8, 4) is 0 Å². The molecule has 1 fully saturated rings. The Bertz CT molecular complexity index is 995. The zero-order valence-electron chi connectivity index (χ0n) is 15.9. The average Bonchev–Trinajstić information content (AvgIpc) is 2.71. The smallest absolute Gasteiger partial charge is 0.243 e. The molecule has 2 aromatic rings. The van der Waals surface area contributed by atoms with E-state index >= 15 is 0 Å². The predicted molar refractivity (Wildman–Crippen MR) is 114 cm³/mol. The van der Waals surface area contributed by atoms with Gasteiger partial charge in [0.1, 0.15) is 5.82 Å². The van der Waals surface area contributed by atoms with E-state index in [0.29, 0.717) is 18.0 Å². The summed E-state index contributed by atoms with van der Waals surface area (Å²) in [4.78, 5) is 13.0. The minimum Gasteiger partial charge on any atom is -0.324 e. The lowest BCUT2D eigenvalue weighted by Crippen LogP contribution is -2.35. The Morgan fingerprint density at radius 2 is 1.86 bits per heavy atom. The third kappa shape index (κ3) is 5.31. The first kappa shape index (κ1) is 22.1. The molecular formula is C20H22ClFN2O3S2. The Balaban J connectivity index is 1.76. The zero-order valence-corrected chi connectivity index (χ0v) is 18.3. The number of amides is 1. The predicted octanol–water partition coefficient (Wildman–Crippen LogP) is 4.77. The molecule has 1 aliphatic heterocycles. The van der Waals surface area contributed by atoms with E-state index in [1.807, 2.05) is 0 Å². The lowest BCUT2D eigenvalue weighted by atomic mass is 10.2. The Morgan fingerprint density at radius 1 is 1.17 bits per heavy atom. The fourth-order valence-corrected chi connectivity index (χ4v) is 5.63. The van der Waals surface area contributed by atoms with Gasteiger partial charge in [0.2, 0.25) is 15.9 Å². The number of anilines is 1. The summed E-state index contributed by atoms with van der Waals surface area (Å²) in [6.45, 7) is 2.63. The van der Waals surface area contributed by atoms with E-state index < -0.39 is 27.0 Å². The molecule has 0 spiro atoms. The van der Waals surface area contributed by atoms with Gasteiger partial charge in [-0.3, -0.25) is 4.79 Å². The van der Waals surface area contributed by atoms with E-state index in [0.717, 1.165) is 31.0 Å². The van der Waals surface area contributed by atoms with Gasteiger partial charge in [0.25, 0.3) is 0 Å². The van der Waals surface area contributed by atoms with Crippen LogP contribution in [0.2, 0.25) is 5.02 Å². The fourth-order valence-electron chi connectivity index (χ4n) is 3.03. The van der Waals surface area contributed by atoms with Crippen LogP contribution in [0.25, 0.3) is 0 Å². The van der Waals surface area contributed by atoms with Crippen molar-refractivity contribution >= 4 is 45.0 Å². The highest BCUT2D eigenvalue weighted by Gasteiger charge is 2.27. The summed E-state index contributed by atoms with van der Waals surface area (Å²) < 4.78 is 41.0. The molecule has 1 heterocycles. The minimum atomic E-state index is -3.64. The number of halogens is 2. The van der Waals surface area contributed by atoms with Gasteiger partial charge < -0.3 is 5.32 Å². The highest BCUT2D eigenvalue weighted by atomic mass is 35.5. The van der Waals surface area contributed by atoms with Crippen molar-refractivity contribution < 1.29 is 17.6 Å². The molecule has 3 rings (SSSR count). The molecule has 1 aliphatic rings. The molecule has 9 heteroatoms. The summed E-state index contributed by atoms with van der Waals surface area (Å²) in [5, 5.41) is 2.30. The molecule has 0 radical (unpaired) electrons. The summed E-state index contributed by atoms with van der Waals surface area (Å²) >= 11 is 7.26. The van der Waals surface area contributed by atoms with Gasteiger partial charge in [0, 0.05) is 18.0 Å². The number of hydrogen-bond donors (Lipinski definition) is 1. The number of sulfonamides is 1. The maximum absolute atomic E-state index is 13.8. The van der Waals surface area contributed by atoms with E-state index in [-0.39, 0.29) is 15.6 Å². The van der Waals surface area contributed by atoms with Crippen LogP contribution >= 0.6 is 23.4 Å². The van der Waals surface area contributed by atoms with Crippen molar-refractivity contribution in [1.29, 1.82) is 0 Å². The van der Waals surface area contributed by atoms with Crippen LogP contribution in [0, 0.1) is 5.82 Å². The second-order valence-electron chi connectivity index (χ2n) is 6.79. The van der Waals surface area contributed by atoms with Gasteiger partial charge in [-0.25, -0.2) is 12.8 Å². The van der Waals surface area contributed by atoms with Crippen molar-refractivity contribution in [3.63, 3.8) is 0 Å². The molecule has 0 aromatic heterocycles. The van der Waals surface area contributed by atoms with E-state index in [1.54, 1.807) is 25.1 Å². The van der Waals surface area contributed by atoms with Gasteiger partial charge in [-0.15, -0.1) is 11.8 Å². The molecule has 1 N–H and O–H groups in total. The molecule has 1 saturated heterocycles. The summed E-state index contributed by atoms with van der Waals surface area (Å²) in [7, 11) is -3.64. The fraction of sp³-hybridized carbons (Fsp3) is 0.350. The van der Waals surface area contributed by atoms with Crippen LogP contribution in [0.3, 0.4) is 0 Å². The van der Waals surface area contributed by atoms with Gasteiger partial charge in [-0.05, 0) is 50.1 Å². The molecular weight excluding hydrogens is 435 g/mol.